The van der Waals surface area contributed by atoms with E-state index in [0.29, 0.717) is 6.61 Å². The van der Waals surface area contributed by atoms with Crippen LogP contribution in [0.3, 0.4) is 0 Å². The van der Waals surface area contributed by atoms with Crippen molar-refractivity contribution >= 4 is 0 Å². The Kier molecular flexibility index (Phi) is 6.56. The van der Waals surface area contributed by atoms with Gasteiger partial charge in [0.15, 0.2) is 0 Å². The fraction of sp³-hybridized carbons (Fsp3) is 0.636. The van der Waals surface area contributed by atoms with Crippen LogP contribution in [0.2, 0.25) is 0 Å². The van der Waals surface area contributed by atoms with Crippen molar-refractivity contribution in [3.8, 4) is 11.5 Å². The highest BCUT2D eigenvalue weighted by Crippen LogP contribution is 2.37. The normalized spacial score (nSPS) is 16.5. The number of benzene rings is 1. The molecule has 0 aliphatic carbocycles. The van der Waals surface area contributed by atoms with Crippen molar-refractivity contribution in [1.29, 1.82) is 0 Å². The second kappa shape index (κ2) is 8.27. The zero-order valence-electron chi connectivity index (χ0n) is 16.8. The lowest BCUT2D eigenvalue weighted by molar-refractivity contribution is -0.0173. The van der Waals surface area contributed by atoms with Gasteiger partial charge >= 0.3 is 0 Å². The summed E-state index contributed by atoms with van der Waals surface area (Å²) in [5, 5.41) is 0. The van der Waals surface area contributed by atoms with E-state index in [1.165, 1.54) is 11.1 Å². The molecule has 1 aliphatic rings. The van der Waals surface area contributed by atoms with E-state index in [1.54, 1.807) is 0 Å². The summed E-state index contributed by atoms with van der Waals surface area (Å²) in [5.41, 5.74) is 2.50. The maximum absolute atomic E-state index is 5.96. The standard InChI is InChI=1S/C22H34O3/c1-7-24-21(3,4)13-8-9-17(2)12-14-23-19-11-10-18-16-22(5,6)25-20(18)15-19/h10-12,15H,7-9,13-14,16H2,1-6H3/b17-12+. The molecule has 0 bridgehead atoms. The number of hydrogen-bond acceptors (Lipinski definition) is 3. The molecule has 0 aromatic heterocycles. The lowest BCUT2D eigenvalue weighted by atomic mass is 9.99. The Morgan fingerprint density at radius 1 is 1.32 bits per heavy atom. The molecule has 0 fully saturated rings. The van der Waals surface area contributed by atoms with Crippen LogP contribution in [-0.4, -0.2) is 24.4 Å². The Hall–Kier alpha value is -1.48. The summed E-state index contributed by atoms with van der Waals surface area (Å²) in [6.07, 6.45) is 6.43. The first kappa shape index (κ1) is 19.8. The third-order valence-electron chi connectivity index (χ3n) is 4.61. The van der Waals surface area contributed by atoms with Gasteiger partial charge in [0.1, 0.15) is 23.7 Å². The van der Waals surface area contributed by atoms with Gasteiger partial charge in [0.05, 0.1) is 5.60 Å². The number of fused-ring (bicyclic) bond motifs is 1. The Morgan fingerprint density at radius 2 is 2.08 bits per heavy atom. The van der Waals surface area contributed by atoms with Gasteiger partial charge in [0.25, 0.3) is 0 Å². The van der Waals surface area contributed by atoms with Gasteiger partial charge in [-0.3, -0.25) is 0 Å². The van der Waals surface area contributed by atoms with Crippen LogP contribution in [0.25, 0.3) is 0 Å². The molecule has 0 N–H and O–H groups in total. The maximum Gasteiger partial charge on any atom is 0.127 e. The van der Waals surface area contributed by atoms with Crippen LogP contribution in [0.15, 0.2) is 29.8 Å². The van der Waals surface area contributed by atoms with E-state index >= 15 is 0 Å². The van der Waals surface area contributed by atoms with Gasteiger partial charge in [-0.1, -0.05) is 11.6 Å². The number of rotatable bonds is 9. The van der Waals surface area contributed by atoms with Crippen LogP contribution in [0, 0.1) is 0 Å². The van der Waals surface area contributed by atoms with E-state index in [9.17, 15) is 0 Å². The zero-order valence-corrected chi connectivity index (χ0v) is 16.8. The first-order valence-electron chi connectivity index (χ1n) is 9.45. The van der Waals surface area contributed by atoms with Gasteiger partial charge in [0.2, 0.25) is 0 Å². The van der Waals surface area contributed by atoms with Crippen LogP contribution in [0.5, 0.6) is 11.5 Å². The highest BCUT2D eigenvalue weighted by molar-refractivity contribution is 5.44. The Morgan fingerprint density at radius 3 is 2.80 bits per heavy atom. The molecule has 0 unspecified atom stereocenters. The zero-order chi connectivity index (χ0) is 18.5. The predicted molar refractivity (Wildman–Crippen MR) is 104 cm³/mol. The van der Waals surface area contributed by atoms with Gasteiger partial charge in [-0.15, -0.1) is 0 Å². The molecule has 1 aromatic rings. The summed E-state index contributed by atoms with van der Waals surface area (Å²) in [5.74, 6) is 1.83. The van der Waals surface area contributed by atoms with Crippen LogP contribution >= 0.6 is 0 Å². The van der Waals surface area contributed by atoms with Gasteiger partial charge in [-0.05, 0) is 78.5 Å². The lowest BCUT2D eigenvalue weighted by Crippen LogP contribution is -2.24. The Balaban J connectivity index is 1.76. The van der Waals surface area contributed by atoms with E-state index in [2.05, 4.69) is 53.7 Å². The van der Waals surface area contributed by atoms with E-state index < -0.39 is 0 Å². The number of ether oxygens (including phenoxy) is 3. The Labute approximate surface area is 153 Å². The average Bonchev–Trinajstić information content (AvgIpc) is 2.80. The molecule has 3 heteroatoms. The Bertz CT molecular complexity index is 599. The van der Waals surface area contributed by atoms with Crippen LogP contribution < -0.4 is 9.47 Å². The second-order valence-corrected chi connectivity index (χ2v) is 8.22. The highest BCUT2D eigenvalue weighted by atomic mass is 16.5. The molecule has 0 spiro atoms. The minimum absolute atomic E-state index is 0.0241. The molecule has 0 radical (unpaired) electrons. The van der Waals surface area contributed by atoms with Crippen molar-refractivity contribution in [1.82, 2.24) is 0 Å². The average molecular weight is 347 g/mol. The van der Waals surface area contributed by atoms with Crippen LogP contribution in [0.4, 0.5) is 0 Å². The predicted octanol–water partition coefficient (Wildman–Crippen LogP) is 5.71. The molecule has 140 valence electrons. The van der Waals surface area contributed by atoms with E-state index in [4.69, 9.17) is 14.2 Å². The summed E-state index contributed by atoms with van der Waals surface area (Å²) in [6, 6.07) is 6.17. The molecule has 0 amide bonds. The maximum atomic E-state index is 5.96. The molecule has 25 heavy (non-hydrogen) atoms. The first-order valence-corrected chi connectivity index (χ1v) is 9.45. The summed E-state index contributed by atoms with van der Waals surface area (Å²) in [4.78, 5) is 0. The SMILES string of the molecule is CCOC(C)(C)CCC/C(C)=C/COc1ccc2c(c1)OC(C)(C)C2. The molecule has 0 saturated carbocycles. The second-order valence-electron chi connectivity index (χ2n) is 8.22. The van der Waals surface area contributed by atoms with Gasteiger partial charge in [-0.2, -0.15) is 0 Å². The highest BCUT2D eigenvalue weighted by Gasteiger charge is 2.30. The van der Waals surface area contributed by atoms with Gasteiger partial charge in [-0.25, -0.2) is 0 Å². The third kappa shape index (κ3) is 6.39. The summed E-state index contributed by atoms with van der Waals surface area (Å²) in [7, 11) is 0. The first-order chi connectivity index (χ1) is 11.7. The van der Waals surface area contributed by atoms with E-state index in [0.717, 1.165) is 43.8 Å². The van der Waals surface area contributed by atoms with Crippen molar-refractivity contribution in [2.75, 3.05) is 13.2 Å². The molecule has 0 atom stereocenters. The third-order valence-corrected chi connectivity index (χ3v) is 4.61. The molecule has 0 saturated heterocycles. The van der Waals surface area contributed by atoms with Crippen LogP contribution in [-0.2, 0) is 11.2 Å². The molecule has 3 nitrogen and oxygen atoms in total. The van der Waals surface area contributed by atoms with Crippen molar-refractivity contribution in [2.45, 2.75) is 78.4 Å². The molecule has 1 heterocycles. The monoisotopic (exact) mass is 346 g/mol. The molecular formula is C22H34O3. The van der Waals surface area contributed by atoms with Crippen LogP contribution in [0.1, 0.15) is 66.4 Å². The van der Waals surface area contributed by atoms with Crippen molar-refractivity contribution in [3.63, 3.8) is 0 Å². The van der Waals surface area contributed by atoms with Gasteiger partial charge in [0, 0.05) is 19.1 Å². The summed E-state index contributed by atoms with van der Waals surface area (Å²) >= 11 is 0. The van der Waals surface area contributed by atoms with E-state index in [-0.39, 0.29) is 11.2 Å². The molecule has 2 rings (SSSR count). The number of hydrogen-bond donors (Lipinski definition) is 0. The number of allylic oxidation sites excluding steroid dienone is 1. The topological polar surface area (TPSA) is 27.7 Å². The minimum atomic E-state index is -0.104. The lowest BCUT2D eigenvalue weighted by Gasteiger charge is -2.24. The summed E-state index contributed by atoms with van der Waals surface area (Å²) < 4.78 is 17.6. The smallest absolute Gasteiger partial charge is 0.127 e. The van der Waals surface area contributed by atoms with E-state index in [1.807, 2.05) is 12.1 Å². The summed E-state index contributed by atoms with van der Waals surface area (Å²) in [6.45, 7) is 14.2. The molecule has 1 aliphatic heterocycles. The molecular weight excluding hydrogens is 312 g/mol. The minimum Gasteiger partial charge on any atom is -0.489 e. The van der Waals surface area contributed by atoms with Crippen molar-refractivity contribution in [2.24, 2.45) is 0 Å². The quantitative estimate of drug-likeness (QED) is 0.536. The van der Waals surface area contributed by atoms with Crippen molar-refractivity contribution in [3.05, 3.63) is 35.4 Å². The largest absolute Gasteiger partial charge is 0.489 e. The van der Waals surface area contributed by atoms with Gasteiger partial charge < -0.3 is 14.2 Å². The fourth-order valence-corrected chi connectivity index (χ4v) is 3.30. The van der Waals surface area contributed by atoms with Crippen molar-refractivity contribution < 1.29 is 14.2 Å². The molecule has 1 aromatic carbocycles. The fourth-order valence-electron chi connectivity index (χ4n) is 3.30.